The minimum atomic E-state index is -3.70. The third kappa shape index (κ3) is 3.66. The van der Waals surface area contributed by atoms with Crippen LogP contribution in [0.2, 0.25) is 0 Å². The molecule has 0 saturated heterocycles. The SMILES string of the molecule is Cc1ncc(S(=O)(=O)N[C@@H](CO)Cc2ccccc2)[nH]1. The second-order valence-electron chi connectivity index (χ2n) is 4.52. The number of aliphatic hydroxyl groups excluding tert-OH is 1. The molecule has 108 valence electrons. The highest BCUT2D eigenvalue weighted by Crippen LogP contribution is 2.08. The normalized spacial score (nSPS) is 13.3. The van der Waals surface area contributed by atoms with Gasteiger partial charge in [-0.2, -0.15) is 0 Å². The Labute approximate surface area is 117 Å². The Morgan fingerprint density at radius 2 is 2.05 bits per heavy atom. The van der Waals surface area contributed by atoms with Gasteiger partial charge in [0.2, 0.25) is 0 Å². The van der Waals surface area contributed by atoms with Crippen LogP contribution in [-0.2, 0) is 16.4 Å². The maximum Gasteiger partial charge on any atom is 0.257 e. The molecule has 2 aromatic rings. The van der Waals surface area contributed by atoms with E-state index in [9.17, 15) is 13.5 Å². The van der Waals surface area contributed by atoms with E-state index in [1.807, 2.05) is 30.3 Å². The van der Waals surface area contributed by atoms with E-state index in [1.165, 1.54) is 6.20 Å². The van der Waals surface area contributed by atoms with Crippen molar-refractivity contribution in [2.24, 2.45) is 0 Å². The zero-order valence-electron chi connectivity index (χ0n) is 11.1. The monoisotopic (exact) mass is 295 g/mol. The molecule has 0 fully saturated rings. The number of aryl methyl sites for hydroxylation is 1. The number of hydrogen-bond donors (Lipinski definition) is 3. The highest BCUT2D eigenvalue weighted by molar-refractivity contribution is 7.89. The van der Waals surface area contributed by atoms with Crippen molar-refractivity contribution in [3.05, 3.63) is 47.9 Å². The van der Waals surface area contributed by atoms with Crippen LogP contribution >= 0.6 is 0 Å². The molecule has 0 aliphatic heterocycles. The molecule has 0 unspecified atom stereocenters. The fourth-order valence-corrected chi connectivity index (χ4v) is 3.06. The van der Waals surface area contributed by atoms with Crippen LogP contribution in [0.15, 0.2) is 41.6 Å². The Balaban J connectivity index is 2.10. The number of nitrogens with zero attached hydrogens (tertiary/aromatic N) is 1. The summed E-state index contributed by atoms with van der Waals surface area (Å²) in [5.74, 6) is 0.522. The largest absolute Gasteiger partial charge is 0.395 e. The molecule has 1 aromatic carbocycles. The van der Waals surface area contributed by atoms with Crippen LogP contribution in [0.3, 0.4) is 0 Å². The van der Waals surface area contributed by atoms with E-state index in [4.69, 9.17) is 0 Å². The van der Waals surface area contributed by atoms with E-state index in [2.05, 4.69) is 14.7 Å². The molecule has 6 nitrogen and oxygen atoms in total. The Hall–Kier alpha value is -1.70. The first-order valence-corrected chi connectivity index (χ1v) is 7.68. The third-order valence-corrected chi connectivity index (χ3v) is 4.27. The first kappa shape index (κ1) is 14.7. The minimum Gasteiger partial charge on any atom is -0.395 e. The third-order valence-electron chi connectivity index (χ3n) is 2.84. The smallest absolute Gasteiger partial charge is 0.257 e. The maximum absolute atomic E-state index is 12.1. The second-order valence-corrected chi connectivity index (χ2v) is 6.21. The Morgan fingerprint density at radius 3 is 2.60 bits per heavy atom. The van der Waals surface area contributed by atoms with Crippen LogP contribution in [0.4, 0.5) is 0 Å². The van der Waals surface area contributed by atoms with Crippen molar-refractivity contribution in [3.63, 3.8) is 0 Å². The van der Waals surface area contributed by atoms with Crippen molar-refractivity contribution >= 4 is 10.0 Å². The lowest BCUT2D eigenvalue weighted by Gasteiger charge is -2.15. The average Bonchev–Trinajstić information content (AvgIpc) is 2.86. The zero-order chi connectivity index (χ0) is 14.6. The number of nitrogens with one attached hydrogen (secondary N) is 2. The first-order valence-electron chi connectivity index (χ1n) is 6.20. The molecule has 0 amide bonds. The van der Waals surface area contributed by atoms with Gasteiger partial charge in [-0.25, -0.2) is 18.1 Å². The number of hydrogen-bond acceptors (Lipinski definition) is 4. The molecule has 2 rings (SSSR count). The van der Waals surface area contributed by atoms with Crippen LogP contribution in [-0.4, -0.2) is 36.1 Å². The zero-order valence-corrected chi connectivity index (χ0v) is 11.9. The molecule has 1 atom stereocenters. The van der Waals surface area contributed by atoms with Crippen molar-refractivity contribution in [2.45, 2.75) is 24.4 Å². The molecule has 0 radical (unpaired) electrons. The van der Waals surface area contributed by atoms with Gasteiger partial charge in [0.25, 0.3) is 10.0 Å². The van der Waals surface area contributed by atoms with Crippen LogP contribution in [0, 0.1) is 6.92 Å². The number of benzene rings is 1. The van der Waals surface area contributed by atoms with E-state index in [1.54, 1.807) is 6.92 Å². The van der Waals surface area contributed by atoms with Gasteiger partial charge in [-0.1, -0.05) is 30.3 Å². The molecule has 0 aliphatic rings. The fourth-order valence-electron chi connectivity index (χ4n) is 1.86. The molecule has 1 heterocycles. The van der Waals surface area contributed by atoms with E-state index in [0.29, 0.717) is 12.2 Å². The van der Waals surface area contributed by atoms with E-state index in [-0.39, 0.29) is 11.6 Å². The standard InChI is InChI=1S/C13H17N3O3S/c1-10-14-8-13(15-10)20(18,19)16-12(9-17)7-11-5-3-2-4-6-11/h2-6,8,12,16-17H,7,9H2,1H3,(H,14,15)/t12-/m1/s1. The fraction of sp³-hybridized carbons (Fsp3) is 0.308. The predicted molar refractivity (Wildman–Crippen MR) is 74.7 cm³/mol. The van der Waals surface area contributed by atoms with Crippen molar-refractivity contribution < 1.29 is 13.5 Å². The lowest BCUT2D eigenvalue weighted by atomic mass is 10.1. The summed E-state index contributed by atoms with van der Waals surface area (Å²) in [5, 5.41) is 9.35. The first-order chi connectivity index (χ1) is 9.51. The molecule has 0 spiro atoms. The average molecular weight is 295 g/mol. The van der Waals surface area contributed by atoms with Gasteiger partial charge in [0, 0.05) is 6.04 Å². The summed E-state index contributed by atoms with van der Waals surface area (Å²) in [4.78, 5) is 6.53. The van der Waals surface area contributed by atoms with Gasteiger partial charge >= 0.3 is 0 Å². The van der Waals surface area contributed by atoms with Crippen LogP contribution in [0.5, 0.6) is 0 Å². The summed E-state index contributed by atoms with van der Waals surface area (Å²) < 4.78 is 26.7. The number of imidazole rings is 1. The predicted octanol–water partition coefficient (Wildman–Crippen LogP) is 0.600. The van der Waals surface area contributed by atoms with Crippen LogP contribution < -0.4 is 4.72 Å². The van der Waals surface area contributed by atoms with Crippen LogP contribution in [0.25, 0.3) is 0 Å². The van der Waals surface area contributed by atoms with Gasteiger partial charge in [0.1, 0.15) is 5.82 Å². The van der Waals surface area contributed by atoms with Crippen LogP contribution in [0.1, 0.15) is 11.4 Å². The maximum atomic E-state index is 12.1. The minimum absolute atomic E-state index is 0.00140. The topological polar surface area (TPSA) is 95.1 Å². The summed E-state index contributed by atoms with van der Waals surface area (Å²) >= 11 is 0. The quantitative estimate of drug-likeness (QED) is 0.727. The van der Waals surface area contributed by atoms with Gasteiger partial charge in [0.15, 0.2) is 5.03 Å². The number of H-pyrrole nitrogens is 1. The number of rotatable bonds is 6. The van der Waals surface area contributed by atoms with Crippen molar-refractivity contribution in [1.29, 1.82) is 0 Å². The Kier molecular flexibility index (Phi) is 4.53. The molecular weight excluding hydrogens is 278 g/mol. The highest BCUT2D eigenvalue weighted by atomic mass is 32.2. The highest BCUT2D eigenvalue weighted by Gasteiger charge is 2.21. The number of aromatic nitrogens is 2. The van der Waals surface area contributed by atoms with Gasteiger partial charge in [-0.3, -0.25) is 0 Å². The van der Waals surface area contributed by atoms with E-state index in [0.717, 1.165) is 5.56 Å². The van der Waals surface area contributed by atoms with Crippen molar-refractivity contribution in [1.82, 2.24) is 14.7 Å². The number of sulfonamides is 1. The molecule has 1 aromatic heterocycles. The van der Waals surface area contributed by atoms with Gasteiger partial charge in [-0.15, -0.1) is 0 Å². The van der Waals surface area contributed by atoms with Gasteiger partial charge in [-0.05, 0) is 18.9 Å². The lowest BCUT2D eigenvalue weighted by molar-refractivity contribution is 0.256. The molecular formula is C13H17N3O3S. The summed E-state index contributed by atoms with van der Waals surface area (Å²) in [7, 11) is -3.70. The molecule has 0 saturated carbocycles. The Bertz CT molecular complexity index is 653. The number of aromatic amines is 1. The Morgan fingerprint density at radius 1 is 1.35 bits per heavy atom. The molecule has 0 aliphatic carbocycles. The number of aliphatic hydroxyl groups is 1. The molecule has 20 heavy (non-hydrogen) atoms. The van der Waals surface area contributed by atoms with E-state index >= 15 is 0 Å². The second kappa shape index (κ2) is 6.17. The molecule has 0 bridgehead atoms. The summed E-state index contributed by atoms with van der Waals surface area (Å²) in [6.45, 7) is 1.40. The summed E-state index contributed by atoms with van der Waals surface area (Å²) in [5.41, 5.74) is 0.954. The van der Waals surface area contributed by atoms with Crippen molar-refractivity contribution in [3.8, 4) is 0 Å². The van der Waals surface area contributed by atoms with Gasteiger partial charge in [0.05, 0.1) is 12.8 Å². The molecule has 3 N–H and O–H groups in total. The van der Waals surface area contributed by atoms with E-state index < -0.39 is 16.1 Å². The lowest BCUT2D eigenvalue weighted by Crippen LogP contribution is -2.39. The van der Waals surface area contributed by atoms with Gasteiger partial charge < -0.3 is 10.1 Å². The summed E-state index contributed by atoms with van der Waals surface area (Å²) in [6, 6.07) is 8.82. The molecule has 7 heteroatoms. The summed E-state index contributed by atoms with van der Waals surface area (Å²) in [6.07, 6.45) is 1.68. The van der Waals surface area contributed by atoms with Crippen molar-refractivity contribution in [2.75, 3.05) is 6.61 Å².